The number of aryl methyl sites for hydroxylation is 1. The van der Waals surface area contributed by atoms with Gasteiger partial charge in [-0.2, -0.15) is 0 Å². The van der Waals surface area contributed by atoms with E-state index in [1.165, 1.54) is 6.92 Å². The van der Waals surface area contributed by atoms with Crippen LogP contribution in [-0.2, 0) is 12.1 Å². The maximum absolute atomic E-state index is 13.7. The molecule has 7 heteroatoms. The molecule has 0 bridgehead atoms. The molecule has 1 atom stereocenters. The van der Waals surface area contributed by atoms with E-state index in [0.717, 1.165) is 23.4 Å². The molecule has 2 rings (SSSR count). The zero-order valence-electron chi connectivity index (χ0n) is 13.4. The molecule has 0 unspecified atom stereocenters. The van der Waals surface area contributed by atoms with Crippen LogP contribution in [0.5, 0.6) is 0 Å². The second kappa shape index (κ2) is 7.35. The number of aliphatic hydroxyl groups is 1. The second-order valence-corrected chi connectivity index (χ2v) is 5.74. The molecule has 5 nitrogen and oxygen atoms in total. The maximum atomic E-state index is 13.7. The van der Waals surface area contributed by atoms with Gasteiger partial charge < -0.3 is 15.7 Å². The first-order chi connectivity index (χ1) is 11.3. The molecule has 1 aromatic carbocycles. The average molecular weight is 335 g/mol. The lowest BCUT2D eigenvalue weighted by molar-refractivity contribution is 0.0555. The number of hydrogen-bond acceptors (Lipinski definition) is 3. The molecule has 2 amide bonds. The number of nitrogens with zero attached hydrogens (tertiary/aromatic N) is 1. The normalized spacial score (nSPS) is 13.2. The van der Waals surface area contributed by atoms with Crippen molar-refractivity contribution in [1.29, 1.82) is 0 Å². The summed E-state index contributed by atoms with van der Waals surface area (Å²) in [4.78, 5) is 15.9. The van der Waals surface area contributed by atoms with Crippen molar-refractivity contribution in [3.8, 4) is 0 Å². The summed E-state index contributed by atoms with van der Waals surface area (Å²) in [6, 6.07) is 6.05. The summed E-state index contributed by atoms with van der Waals surface area (Å²) < 4.78 is 26.7. The molecule has 0 spiro atoms. The molecule has 0 saturated carbocycles. The lowest BCUT2D eigenvalue weighted by Gasteiger charge is -2.24. The van der Waals surface area contributed by atoms with Crippen molar-refractivity contribution >= 4 is 6.03 Å². The van der Waals surface area contributed by atoms with Gasteiger partial charge in [0, 0.05) is 30.1 Å². The third-order valence-corrected chi connectivity index (χ3v) is 3.53. The number of hydrogen-bond donors (Lipinski definition) is 3. The average Bonchev–Trinajstić information content (AvgIpc) is 2.52. The molecular formula is C17H19F2N3O2. The lowest BCUT2D eigenvalue weighted by Crippen LogP contribution is -2.43. The zero-order valence-corrected chi connectivity index (χ0v) is 13.4. The summed E-state index contributed by atoms with van der Waals surface area (Å²) in [5.74, 6) is -1.60. The van der Waals surface area contributed by atoms with Crippen molar-refractivity contribution in [3.63, 3.8) is 0 Å². The highest BCUT2D eigenvalue weighted by molar-refractivity contribution is 5.73. The van der Waals surface area contributed by atoms with Gasteiger partial charge in [-0.15, -0.1) is 0 Å². The largest absolute Gasteiger partial charge is 0.383 e. The number of urea groups is 1. The Balaban J connectivity index is 1.89. The number of benzene rings is 1. The van der Waals surface area contributed by atoms with Crippen LogP contribution in [0.3, 0.4) is 0 Å². The molecule has 2 aromatic rings. The van der Waals surface area contributed by atoms with E-state index >= 15 is 0 Å². The van der Waals surface area contributed by atoms with Crippen LogP contribution in [0.2, 0.25) is 0 Å². The Bertz CT molecular complexity index is 718. The van der Waals surface area contributed by atoms with Crippen LogP contribution >= 0.6 is 0 Å². The summed E-state index contributed by atoms with van der Waals surface area (Å²) in [7, 11) is 0. The Hall–Kier alpha value is -2.54. The van der Waals surface area contributed by atoms with Gasteiger partial charge in [0.05, 0.1) is 6.54 Å². The second-order valence-electron chi connectivity index (χ2n) is 5.74. The van der Waals surface area contributed by atoms with E-state index in [-0.39, 0.29) is 18.7 Å². The number of amides is 2. The van der Waals surface area contributed by atoms with E-state index in [1.54, 1.807) is 6.20 Å². The summed E-state index contributed by atoms with van der Waals surface area (Å²) in [5.41, 5.74) is -0.0554. The number of nitrogens with one attached hydrogen (secondary N) is 2. The van der Waals surface area contributed by atoms with Gasteiger partial charge in [0.25, 0.3) is 0 Å². The van der Waals surface area contributed by atoms with Crippen LogP contribution < -0.4 is 10.6 Å². The SMILES string of the molecule is Cc1ccc(CNC(=O)NC[C@@](C)(O)c2ccc(F)cc2F)cn1. The molecule has 0 aliphatic heterocycles. The predicted molar refractivity (Wildman–Crippen MR) is 85.1 cm³/mol. The highest BCUT2D eigenvalue weighted by atomic mass is 19.1. The molecule has 1 aromatic heterocycles. The number of pyridine rings is 1. The Morgan fingerprint density at radius 3 is 2.62 bits per heavy atom. The van der Waals surface area contributed by atoms with Crippen LogP contribution in [-0.4, -0.2) is 22.7 Å². The Morgan fingerprint density at radius 1 is 1.25 bits per heavy atom. The van der Waals surface area contributed by atoms with Gasteiger partial charge in [-0.25, -0.2) is 13.6 Å². The highest BCUT2D eigenvalue weighted by Gasteiger charge is 2.27. The number of aromatic nitrogens is 1. The van der Waals surface area contributed by atoms with E-state index in [9.17, 15) is 18.7 Å². The monoisotopic (exact) mass is 335 g/mol. The summed E-state index contributed by atoms with van der Waals surface area (Å²) in [5, 5.41) is 15.4. The van der Waals surface area contributed by atoms with Crippen LogP contribution in [0.4, 0.5) is 13.6 Å². The van der Waals surface area contributed by atoms with Gasteiger partial charge in [-0.1, -0.05) is 12.1 Å². The fraction of sp³-hybridized carbons (Fsp3) is 0.294. The molecule has 24 heavy (non-hydrogen) atoms. The molecule has 0 aliphatic carbocycles. The van der Waals surface area contributed by atoms with Crippen molar-refractivity contribution in [1.82, 2.24) is 15.6 Å². The van der Waals surface area contributed by atoms with Gasteiger partial charge in [0.1, 0.15) is 17.2 Å². The van der Waals surface area contributed by atoms with Crippen molar-refractivity contribution in [2.45, 2.75) is 26.0 Å². The highest BCUT2D eigenvalue weighted by Crippen LogP contribution is 2.23. The fourth-order valence-electron chi connectivity index (χ4n) is 2.12. The van der Waals surface area contributed by atoms with Crippen LogP contribution in [0, 0.1) is 18.6 Å². The summed E-state index contributed by atoms with van der Waals surface area (Å²) in [6.07, 6.45) is 1.65. The standard InChI is InChI=1S/C17H19F2N3O2/c1-11-3-4-12(8-20-11)9-21-16(23)22-10-17(2,24)14-6-5-13(18)7-15(14)19/h3-8,24H,9-10H2,1-2H3,(H2,21,22,23)/t17-/m1/s1. The van der Waals surface area contributed by atoms with E-state index < -0.39 is 23.3 Å². The minimum Gasteiger partial charge on any atom is -0.383 e. The van der Waals surface area contributed by atoms with Gasteiger partial charge >= 0.3 is 6.03 Å². The molecule has 0 fully saturated rings. The van der Waals surface area contributed by atoms with Crippen molar-refractivity contribution in [3.05, 3.63) is 65.0 Å². The third kappa shape index (κ3) is 4.73. The van der Waals surface area contributed by atoms with Gasteiger partial charge in [0.15, 0.2) is 0 Å². The van der Waals surface area contributed by atoms with E-state index in [1.807, 2.05) is 19.1 Å². The topological polar surface area (TPSA) is 74.2 Å². The first-order valence-electron chi connectivity index (χ1n) is 7.39. The minimum absolute atomic E-state index is 0.0908. The van der Waals surface area contributed by atoms with E-state index in [4.69, 9.17) is 0 Å². The number of carbonyl (C=O) groups is 1. The van der Waals surface area contributed by atoms with Gasteiger partial charge in [0.2, 0.25) is 0 Å². The van der Waals surface area contributed by atoms with Crippen molar-refractivity contribution < 1.29 is 18.7 Å². The molecule has 0 aliphatic rings. The first-order valence-corrected chi connectivity index (χ1v) is 7.39. The number of carbonyl (C=O) groups excluding carboxylic acids is 1. The van der Waals surface area contributed by atoms with Crippen molar-refractivity contribution in [2.24, 2.45) is 0 Å². The Labute approximate surface area is 138 Å². The Kier molecular flexibility index (Phi) is 5.46. The first kappa shape index (κ1) is 17.8. The van der Waals surface area contributed by atoms with Crippen LogP contribution in [0.15, 0.2) is 36.5 Å². The van der Waals surface area contributed by atoms with E-state index in [0.29, 0.717) is 6.07 Å². The van der Waals surface area contributed by atoms with E-state index in [2.05, 4.69) is 15.6 Å². The smallest absolute Gasteiger partial charge is 0.315 e. The Morgan fingerprint density at radius 2 is 2.00 bits per heavy atom. The summed E-state index contributed by atoms with van der Waals surface area (Å²) >= 11 is 0. The molecule has 0 saturated heterocycles. The third-order valence-electron chi connectivity index (χ3n) is 3.53. The molecule has 0 radical (unpaired) electrons. The summed E-state index contributed by atoms with van der Waals surface area (Å²) in [6.45, 7) is 3.24. The number of halogens is 2. The molecular weight excluding hydrogens is 316 g/mol. The van der Waals surface area contributed by atoms with Crippen LogP contribution in [0.1, 0.15) is 23.7 Å². The molecule has 3 N–H and O–H groups in total. The molecule has 128 valence electrons. The zero-order chi connectivity index (χ0) is 17.7. The fourth-order valence-corrected chi connectivity index (χ4v) is 2.12. The van der Waals surface area contributed by atoms with Crippen LogP contribution in [0.25, 0.3) is 0 Å². The van der Waals surface area contributed by atoms with Gasteiger partial charge in [-0.3, -0.25) is 4.98 Å². The predicted octanol–water partition coefficient (Wildman–Crippen LogP) is 2.38. The number of rotatable bonds is 5. The molecule has 1 heterocycles. The van der Waals surface area contributed by atoms with Gasteiger partial charge in [-0.05, 0) is 31.5 Å². The lowest BCUT2D eigenvalue weighted by atomic mass is 9.95. The van der Waals surface area contributed by atoms with Crippen molar-refractivity contribution in [2.75, 3.05) is 6.54 Å². The minimum atomic E-state index is -1.67. The quantitative estimate of drug-likeness (QED) is 0.785. The maximum Gasteiger partial charge on any atom is 0.315 e.